The van der Waals surface area contributed by atoms with E-state index in [-0.39, 0.29) is 49.2 Å². The van der Waals surface area contributed by atoms with Crippen molar-refractivity contribution in [2.75, 3.05) is 12.0 Å². The summed E-state index contributed by atoms with van der Waals surface area (Å²) in [5, 5.41) is 0.900. The van der Waals surface area contributed by atoms with Crippen LogP contribution in [0.2, 0.25) is 0 Å². The van der Waals surface area contributed by atoms with Crippen LogP contribution < -0.4 is 5.73 Å². The topological polar surface area (TPSA) is 38.9 Å². The number of hydrogen-bond acceptors (Lipinski definition) is 3. The van der Waals surface area contributed by atoms with Crippen molar-refractivity contribution in [3.8, 4) is 0 Å². The van der Waals surface area contributed by atoms with Gasteiger partial charge in [-0.25, -0.2) is 4.98 Å². The fraction of sp³-hybridized carbons (Fsp3) is 0.143. The minimum Gasteiger partial charge on any atom is -0.397 e. The molecule has 11 heavy (non-hydrogen) atoms. The predicted molar refractivity (Wildman–Crippen MR) is 46.8 cm³/mol. The van der Waals surface area contributed by atoms with Gasteiger partial charge in [0, 0.05) is 47.9 Å². The smallest absolute Gasteiger partial charge is 0.119 e. The monoisotopic (exact) mass is 295 g/mol. The molecule has 60 valence electrons. The second-order valence-corrected chi connectivity index (χ2v) is 2.40. The third kappa shape index (κ3) is 4.30. The first-order chi connectivity index (χ1) is 4.34. The molecule has 0 spiro atoms. The van der Waals surface area contributed by atoms with Crippen LogP contribution in [0.15, 0.2) is 23.4 Å². The molecule has 0 bridgehead atoms. The van der Waals surface area contributed by atoms with E-state index in [2.05, 4.69) is 4.98 Å². The van der Waals surface area contributed by atoms with Gasteiger partial charge in [0.1, 0.15) is 5.03 Å². The van der Waals surface area contributed by atoms with Crippen LogP contribution in [0.25, 0.3) is 0 Å². The van der Waals surface area contributed by atoms with E-state index in [1.54, 1.807) is 18.0 Å². The minimum absolute atomic E-state index is 0. The molecule has 0 fully saturated rings. The quantitative estimate of drug-likeness (QED) is 0.635. The minimum atomic E-state index is 0. The van der Waals surface area contributed by atoms with Crippen molar-refractivity contribution in [2.24, 2.45) is 0 Å². The van der Waals surface area contributed by atoms with Crippen molar-refractivity contribution in [1.29, 1.82) is 0 Å². The van der Waals surface area contributed by atoms with Gasteiger partial charge in [0.15, 0.2) is 0 Å². The summed E-state index contributed by atoms with van der Waals surface area (Å²) in [6, 6.07) is 3.67. The molecule has 0 atom stereocenters. The molecule has 2 nitrogen and oxygen atoms in total. The van der Waals surface area contributed by atoms with Crippen LogP contribution in [0.3, 0.4) is 0 Å². The summed E-state index contributed by atoms with van der Waals surface area (Å²) in [4.78, 5) is 4.03. The Morgan fingerprint density at radius 1 is 1.55 bits per heavy atom. The zero-order chi connectivity index (χ0) is 6.69. The fourth-order valence-electron chi connectivity index (χ4n) is 0.574. The molecule has 1 aromatic heterocycles. The number of anilines is 1. The summed E-state index contributed by atoms with van der Waals surface area (Å²) in [6.45, 7) is 0. The summed E-state index contributed by atoms with van der Waals surface area (Å²) in [7, 11) is 0. The van der Waals surface area contributed by atoms with Gasteiger partial charge in [-0.1, -0.05) is 0 Å². The van der Waals surface area contributed by atoms with Crippen molar-refractivity contribution in [3.63, 3.8) is 0 Å². The van der Waals surface area contributed by atoms with E-state index >= 15 is 0 Å². The second-order valence-electron chi connectivity index (χ2n) is 1.60. The summed E-state index contributed by atoms with van der Waals surface area (Å²) in [5.41, 5.74) is 6.30. The van der Waals surface area contributed by atoms with E-state index in [1.807, 2.05) is 18.4 Å². The SMILES string of the molecule is CSc1ncccc1N.[CH3-].[Ce]. The van der Waals surface area contributed by atoms with Crippen molar-refractivity contribution in [1.82, 2.24) is 4.98 Å². The number of aromatic nitrogens is 1. The van der Waals surface area contributed by atoms with Gasteiger partial charge in [-0.3, -0.25) is 0 Å². The normalized spacial score (nSPS) is 7.73. The molecule has 4 heteroatoms. The van der Waals surface area contributed by atoms with Crippen LogP contribution >= 0.6 is 11.8 Å². The van der Waals surface area contributed by atoms with Gasteiger partial charge in [-0.05, 0) is 18.4 Å². The Labute approximate surface area is 106 Å². The van der Waals surface area contributed by atoms with E-state index < -0.39 is 0 Å². The number of thioether (sulfide) groups is 1. The summed E-state index contributed by atoms with van der Waals surface area (Å²) < 4.78 is 0. The molecule has 1 heterocycles. The van der Waals surface area contributed by atoms with Gasteiger partial charge in [0.25, 0.3) is 0 Å². The Bertz CT molecular complexity index is 205. The first kappa shape index (κ1) is 14.2. The van der Waals surface area contributed by atoms with Crippen LogP contribution in [0.4, 0.5) is 5.69 Å². The standard InChI is InChI=1S/C6H8N2S.CH3.Ce/c1-9-6-5(7)3-2-4-8-6;;/h2-4H,7H2,1H3;1H3;/q;-1;. The van der Waals surface area contributed by atoms with Crippen LogP contribution in [0.5, 0.6) is 0 Å². The number of nitrogen functional groups attached to an aromatic ring is 1. The number of nitrogens with zero attached hydrogens (tertiary/aromatic N) is 1. The summed E-state index contributed by atoms with van der Waals surface area (Å²) >= 11 is 1.56. The van der Waals surface area contributed by atoms with E-state index in [9.17, 15) is 0 Å². The average Bonchev–Trinajstić information content (AvgIpc) is 1.89. The Balaban J connectivity index is 0. The first-order valence-electron chi connectivity index (χ1n) is 2.59. The van der Waals surface area contributed by atoms with Gasteiger partial charge in [0.2, 0.25) is 0 Å². The van der Waals surface area contributed by atoms with Gasteiger partial charge >= 0.3 is 0 Å². The Kier molecular flexibility index (Phi) is 9.48. The molecular formula is C7H11CeN2S-. The van der Waals surface area contributed by atoms with Crippen molar-refractivity contribution >= 4 is 17.4 Å². The number of pyridine rings is 1. The van der Waals surface area contributed by atoms with E-state index in [0.717, 1.165) is 10.7 Å². The number of hydrogen-bond donors (Lipinski definition) is 1. The molecule has 0 saturated carbocycles. The third-order valence-corrected chi connectivity index (χ3v) is 1.72. The molecule has 2 N–H and O–H groups in total. The molecule has 0 unspecified atom stereocenters. The van der Waals surface area contributed by atoms with Crippen LogP contribution in [-0.2, 0) is 0 Å². The number of nitrogens with two attached hydrogens (primary N) is 1. The molecular weight excluding hydrogens is 284 g/mol. The largest absolute Gasteiger partial charge is 0.397 e. The van der Waals surface area contributed by atoms with Gasteiger partial charge in [0.05, 0.1) is 5.69 Å². The first-order valence-corrected chi connectivity index (χ1v) is 3.81. The zero-order valence-electron chi connectivity index (χ0n) is 6.66. The molecule has 0 aromatic carbocycles. The molecule has 0 aliphatic heterocycles. The molecule has 1 aromatic rings. The van der Waals surface area contributed by atoms with Gasteiger partial charge in [-0.2, -0.15) is 0 Å². The Hall–Kier alpha value is 0.677. The second kappa shape index (κ2) is 7.33. The van der Waals surface area contributed by atoms with Gasteiger partial charge in [-0.15, -0.1) is 11.8 Å². The zero-order valence-corrected chi connectivity index (χ0v) is 10.6. The summed E-state index contributed by atoms with van der Waals surface area (Å²) in [5.74, 6) is 0. The van der Waals surface area contributed by atoms with E-state index in [4.69, 9.17) is 5.73 Å². The maximum absolute atomic E-state index is 5.55. The maximum atomic E-state index is 5.55. The van der Waals surface area contributed by atoms with E-state index in [0.29, 0.717) is 0 Å². The average molecular weight is 295 g/mol. The molecule has 0 aliphatic carbocycles. The predicted octanol–water partition coefficient (Wildman–Crippen LogP) is 1.84. The summed E-state index contributed by atoms with van der Waals surface area (Å²) in [6.07, 6.45) is 3.70. The van der Waals surface area contributed by atoms with E-state index in [1.165, 1.54) is 0 Å². The number of rotatable bonds is 1. The van der Waals surface area contributed by atoms with Crippen molar-refractivity contribution in [2.45, 2.75) is 5.03 Å². The Morgan fingerprint density at radius 3 is 2.55 bits per heavy atom. The molecule has 0 aliphatic rings. The molecule has 0 saturated heterocycles. The Morgan fingerprint density at radius 2 is 2.18 bits per heavy atom. The molecule has 1 rings (SSSR count). The molecule has 0 amide bonds. The fourth-order valence-corrected chi connectivity index (χ4v) is 1.04. The van der Waals surface area contributed by atoms with Crippen LogP contribution in [0.1, 0.15) is 0 Å². The van der Waals surface area contributed by atoms with Crippen molar-refractivity contribution in [3.05, 3.63) is 25.8 Å². The third-order valence-electron chi connectivity index (χ3n) is 0.994. The maximum Gasteiger partial charge on any atom is 0.119 e. The van der Waals surface area contributed by atoms with Crippen LogP contribution in [-0.4, -0.2) is 11.2 Å². The van der Waals surface area contributed by atoms with Crippen LogP contribution in [0, 0.1) is 49.2 Å². The molecule has 0 radical (unpaired) electrons. The van der Waals surface area contributed by atoms with Crippen molar-refractivity contribution < 1.29 is 41.7 Å². The van der Waals surface area contributed by atoms with Gasteiger partial charge < -0.3 is 13.2 Å².